The van der Waals surface area contributed by atoms with Gasteiger partial charge in [-0.05, 0) is 47.4 Å². The Morgan fingerprint density at radius 2 is 1.61 bits per heavy atom. The van der Waals surface area contributed by atoms with Crippen molar-refractivity contribution >= 4 is 17.5 Å². The van der Waals surface area contributed by atoms with Crippen LogP contribution in [-0.4, -0.2) is 31.1 Å². The number of amides is 1. The van der Waals surface area contributed by atoms with Crippen LogP contribution in [0.25, 0.3) is 0 Å². The molecule has 3 aromatic carbocycles. The Balaban J connectivity index is 1.65. The number of methoxy groups -OCH3 is 2. The number of benzene rings is 3. The van der Waals surface area contributed by atoms with E-state index in [1.54, 1.807) is 14.2 Å². The molecule has 4 nitrogen and oxygen atoms in total. The van der Waals surface area contributed by atoms with Crippen molar-refractivity contribution in [2.45, 2.75) is 31.3 Å². The van der Waals surface area contributed by atoms with E-state index in [1.807, 2.05) is 65.6 Å². The largest absolute Gasteiger partial charge is 0.493 e. The first-order valence-electron chi connectivity index (χ1n) is 10.4. The molecule has 3 aromatic rings. The van der Waals surface area contributed by atoms with E-state index in [0.717, 1.165) is 17.5 Å². The highest BCUT2D eigenvalue weighted by Gasteiger charge is 2.40. The number of rotatable bonds is 7. The molecule has 160 valence electrons. The summed E-state index contributed by atoms with van der Waals surface area (Å²) in [6.07, 6.45) is 1.29. The van der Waals surface area contributed by atoms with Crippen LogP contribution in [0.1, 0.15) is 29.0 Å². The summed E-state index contributed by atoms with van der Waals surface area (Å²) < 4.78 is 10.8. The Kier molecular flexibility index (Phi) is 6.47. The Bertz CT molecular complexity index is 1040. The Hall–Kier alpha value is -2.98. The molecule has 1 fully saturated rings. The number of halogens is 1. The van der Waals surface area contributed by atoms with Crippen molar-refractivity contribution in [3.8, 4) is 11.5 Å². The Morgan fingerprint density at radius 3 is 2.29 bits per heavy atom. The molecule has 0 aliphatic carbocycles. The van der Waals surface area contributed by atoms with Crippen molar-refractivity contribution in [1.82, 2.24) is 4.90 Å². The van der Waals surface area contributed by atoms with Gasteiger partial charge in [0.15, 0.2) is 11.5 Å². The number of hydrogen-bond acceptors (Lipinski definition) is 3. The third kappa shape index (κ3) is 4.70. The SMILES string of the molecule is COc1ccc(CN2C(=O)C[C@H](c3ccc(Cl)cc3)[C@H]2Cc2ccccc2)cc1OC. The zero-order valence-corrected chi connectivity index (χ0v) is 18.5. The molecular formula is C26H26ClNO3. The van der Waals surface area contributed by atoms with Gasteiger partial charge in [-0.3, -0.25) is 4.79 Å². The van der Waals surface area contributed by atoms with Crippen molar-refractivity contribution in [2.24, 2.45) is 0 Å². The van der Waals surface area contributed by atoms with Crippen molar-refractivity contribution in [2.75, 3.05) is 14.2 Å². The van der Waals surface area contributed by atoms with Crippen molar-refractivity contribution in [3.05, 3.63) is 94.5 Å². The van der Waals surface area contributed by atoms with Gasteiger partial charge in [-0.25, -0.2) is 0 Å². The molecule has 0 radical (unpaired) electrons. The predicted molar refractivity (Wildman–Crippen MR) is 123 cm³/mol. The topological polar surface area (TPSA) is 38.8 Å². The molecule has 4 rings (SSSR count). The van der Waals surface area contributed by atoms with Gasteiger partial charge < -0.3 is 14.4 Å². The van der Waals surface area contributed by atoms with E-state index in [0.29, 0.717) is 29.5 Å². The standard InChI is InChI=1S/C26H26ClNO3/c1-30-24-13-8-19(15-25(24)31-2)17-28-23(14-18-6-4-3-5-7-18)22(16-26(28)29)20-9-11-21(27)12-10-20/h3-13,15,22-23H,14,16-17H2,1-2H3/t22-,23-/m1/s1. The molecule has 1 amide bonds. The zero-order chi connectivity index (χ0) is 21.8. The van der Waals surface area contributed by atoms with Gasteiger partial charge in [0.05, 0.1) is 14.2 Å². The van der Waals surface area contributed by atoms with Crippen LogP contribution in [0.2, 0.25) is 5.02 Å². The third-order valence-electron chi connectivity index (χ3n) is 5.97. The summed E-state index contributed by atoms with van der Waals surface area (Å²) in [4.78, 5) is 15.2. The highest BCUT2D eigenvalue weighted by atomic mass is 35.5. The highest BCUT2D eigenvalue weighted by molar-refractivity contribution is 6.30. The lowest BCUT2D eigenvalue weighted by molar-refractivity contribution is -0.129. The van der Waals surface area contributed by atoms with Crippen molar-refractivity contribution in [3.63, 3.8) is 0 Å². The van der Waals surface area contributed by atoms with E-state index in [1.165, 1.54) is 5.56 Å². The molecule has 0 unspecified atom stereocenters. The lowest BCUT2D eigenvalue weighted by atomic mass is 9.88. The molecule has 0 spiro atoms. The first-order valence-corrected chi connectivity index (χ1v) is 10.8. The first kappa shape index (κ1) is 21.3. The van der Waals surface area contributed by atoms with Gasteiger partial charge in [-0.1, -0.05) is 60.1 Å². The fourth-order valence-electron chi connectivity index (χ4n) is 4.38. The summed E-state index contributed by atoms with van der Waals surface area (Å²) in [5.41, 5.74) is 3.38. The fraction of sp³-hybridized carbons (Fsp3) is 0.269. The van der Waals surface area contributed by atoms with Gasteiger partial charge in [0.25, 0.3) is 0 Å². The van der Waals surface area contributed by atoms with E-state index < -0.39 is 0 Å². The maximum absolute atomic E-state index is 13.2. The molecule has 0 aromatic heterocycles. The van der Waals surface area contributed by atoms with Crippen LogP contribution in [0, 0.1) is 0 Å². The minimum atomic E-state index is 0.0594. The smallest absolute Gasteiger partial charge is 0.223 e. The lowest BCUT2D eigenvalue weighted by Crippen LogP contribution is -2.36. The molecule has 1 aliphatic rings. The number of ether oxygens (including phenoxy) is 2. The number of carbonyl (C=O) groups excluding carboxylic acids is 1. The van der Waals surface area contributed by atoms with E-state index in [4.69, 9.17) is 21.1 Å². The maximum atomic E-state index is 13.2. The molecule has 0 bridgehead atoms. The Morgan fingerprint density at radius 1 is 0.903 bits per heavy atom. The van der Waals surface area contributed by atoms with Gasteiger partial charge in [0.1, 0.15) is 0 Å². The summed E-state index contributed by atoms with van der Waals surface area (Å²) in [6.45, 7) is 0.529. The molecule has 0 saturated carbocycles. The van der Waals surface area contributed by atoms with Crippen LogP contribution in [-0.2, 0) is 17.8 Å². The zero-order valence-electron chi connectivity index (χ0n) is 17.8. The molecule has 31 heavy (non-hydrogen) atoms. The van der Waals surface area contributed by atoms with Crippen molar-refractivity contribution in [1.29, 1.82) is 0 Å². The molecule has 1 saturated heterocycles. The van der Waals surface area contributed by atoms with Crippen LogP contribution in [0.15, 0.2) is 72.8 Å². The van der Waals surface area contributed by atoms with Gasteiger partial charge in [0.2, 0.25) is 5.91 Å². The minimum Gasteiger partial charge on any atom is -0.493 e. The van der Waals surface area contributed by atoms with Gasteiger partial charge >= 0.3 is 0 Å². The van der Waals surface area contributed by atoms with E-state index in [-0.39, 0.29) is 17.9 Å². The highest BCUT2D eigenvalue weighted by Crippen LogP contribution is 2.38. The normalized spacial score (nSPS) is 18.3. The third-order valence-corrected chi connectivity index (χ3v) is 6.22. The molecular weight excluding hydrogens is 410 g/mol. The molecule has 1 heterocycles. The number of likely N-dealkylation sites (tertiary alicyclic amines) is 1. The van der Waals surface area contributed by atoms with Gasteiger partial charge in [-0.15, -0.1) is 0 Å². The number of nitrogens with zero attached hydrogens (tertiary/aromatic N) is 1. The van der Waals surface area contributed by atoms with E-state index >= 15 is 0 Å². The minimum absolute atomic E-state index is 0.0594. The lowest BCUT2D eigenvalue weighted by Gasteiger charge is -2.29. The molecule has 2 atom stereocenters. The molecule has 5 heteroatoms. The van der Waals surface area contributed by atoms with Gasteiger partial charge in [0, 0.05) is 29.9 Å². The summed E-state index contributed by atoms with van der Waals surface area (Å²) in [7, 11) is 3.24. The summed E-state index contributed by atoms with van der Waals surface area (Å²) >= 11 is 6.10. The maximum Gasteiger partial charge on any atom is 0.223 e. The molecule has 0 N–H and O–H groups in total. The second-order valence-corrected chi connectivity index (χ2v) is 8.27. The van der Waals surface area contributed by atoms with Crippen LogP contribution >= 0.6 is 11.6 Å². The second-order valence-electron chi connectivity index (χ2n) is 7.83. The van der Waals surface area contributed by atoms with Crippen LogP contribution in [0.3, 0.4) is 0 Å². The quantitative estimate of drug-likeness (QED) is 0.493. The van der Waals surface area contributed by atoms with Crippen LogP contribution in [0.5, 0.6) is 11.5 Å². The van der Waals surface area contributed by atoms with Crippen LogP contribution in [0.4, 0.5) is 0 Å². The average molecular weight is 436 g/mol. The van der Waals surface area contributed by atoms with E-state index in [9.17, 15) is 4.79 Å². The fourth-order valence-corrected chi connectivity index (χ4v) is 4.51. The monoisotopic (exact) mass is 435 g/mol. The summed E-state index contributed by atoms with van der Waals surface area (Å²) in [5.74, 6) is 1.63. The number of hydrogen-bond donors (Lipinski definition) is 0. The average Bonchev–Trinajstić information content (AvgIpc) is 3.10. The van der Waals surface area contributed by atoms with Crippen molar-refractivity contribution < 1.29 is 14.3 Å². The summed E-state index contributed by atoms with van der Waals surface area (Å²) in [5, 5.41) is 0.704. The summed E-state index contributed by atoms with van der Waals surface area (Å²) in [6, 6.07) is 24.1. The Labute approximate surface area is 188 Å². The van der Waals surface area contributed by atoms with Gasteiger partial charge in [-0.2, -0.15) is 0 Å². The van der Waals surface area contributed by atoms with Crippen LogP contribution < -0.4 is 9.47 Å². The van der Waals surface area contributed by atoms with E-state index in [2.05, 4.69) is 12.1 Å². The second kappa shape index (κ2) is 9.44. The first-order chi connectivity index (χ1) is 15.1. The predicted octanol–water partition coefficient (Wildman–Crippen LogP) is 5.48. The number of carbonyl (C=O) groups is 1. The molecule has 1 aliphatic heterocycles.